The SMILES string of the molecule is CC(CN1CCCCC1)NC1CCCN(C)C1. The monoisotopic (exact) mass is 239 g/mol. The van der Waals surface area contributed by atoms with Crippen molar-refractivity contribution in [2.24, 2.45) is 0 Å². The minimum atomic E-state index is 0.643. The Kier molecular flexibility index (Phi) is 5.26. The van der Waals surface area contributed by atoms with Crippen molar-refractivity contribution in [1.29, 1.82) is 0 Å². The van der Waals surface area contributed by atoms with Gasteiger partial charge in [0.1, 0.15) is 0 Å². The van der Waals surface area contributed by atoms with Crippen LogP contribution in [-0.2, 0) is 0 Å². The van der Waals surface area contributed by atoms with Crippen LogP contribution in [0, 0.1) is 0 Å². The van der Waals surface area contributed by atoms with Crippen molar-refractivity contribution in [1.82, 2.24) is 15.1 Å². The number of nitrogens with one attached hydrogen (secondary N) is 1. The lowest BCUT2D eigenvalue weighted by Crippen LogP contribution is -2.50. The van der Waals surface area contributed by atoms with Crippen LogP contribution in [0.15, 0.2) is 0 Å². The van der Waals surface area contributed by atoms with Crippen molar-refractivity contribution in [2.45, 2.75) is 51.1 Å². The molecule has 0 radical (unpaired) electrons. The fraction of sp³-hybridized carbons (Fsp3) is 1.00. The van der Waals surface area contributed by atoms with Crippen LogP contribution < -0.4 is 5.32 Å². The number of piperidine rings is 2. The van der Waals surface area contributed by atoms with Gasteiger partial charge in [0.05, 0.1) is 0 Å². The van der Waals surface area contributed by atoms with Crippen LogP contribution >= 0.6 is 0 Å². The summed E-state index contributed by atoms with van der Waals surface area (Å²) in [5.41, 5.74) is 0. The van der Waals surface area contributed by atoms with Crippen LogP contribution in [0.2, 0.25) is 0 Å². The molecule has 0 amide bonds. The van der Waals surface area contributed by atoms with E-state index in [-0.39, 0.29) is 0 Å². The number of likely N-dealkylation sites (tertiary alicyclic amines) is 2. The molecule has 2 aliphatic heterocycles. The molecule has 2 rings (SSSR count). The summed E-state index contributed by atoms with van der Waals surface area (Å²) < 4.78 is 0. The summed E-state index contributed by atoms with van der Waals surface area (Å²) in [4.78, 5) is 5.09. The molecule has 0 aromatic rings. The highest BCUT2D eigenvalue weighted by atomic mass is 15.2. The Labute approximate surface area is 107 Å². The zero-order chi connectivity index (χ0) is 12.1. The first-order chi connectivity index (χ1) is 8.24. The molecule has 0 bridgehead atoms. The largest absolute Gasteiger partial charge is 0.309 e. The van der Waals surface area contributed by atoms with E-state index in [0.29, 0.717) is 12.1 Å². The molecule has 2 heterocycles. The van der Waals surface area contributed by atoms with E-state index in [1.165, 1.54) is 64.8 Å². The summed E-state index contributed by atoms with van der Waals surface area (Å²) in [5.74, 6) is 0. The first-order valence-corrected chi connectivity index (χ1v) is 7.41. The Morgan fingerprint density at radius 2 is 1.88 bits per heavy atom. The van der Waals surface area contributed by atoms with Gasteiger partial charge >= 0.3 is 0 Å². The molecule has 17 heavy (non-hydrogen) atoms. The first kappa shape index (κ1) is 13.3. The van der Waals surface area contributed by atoms with Gasteiger partial charge in [-0.15, -0.1) is 0 Å². The minimum absolute atomic E-state index is 0.643. The molecule has 2 saturated heterocycles. The number of hydrogen-bond acceptors (Lipinski definition) is 3. The highest BCUT2D eigenvalue weighted by molar-refractivity contribution is 4.80. The molecule has 3 nitrogen and oxygen atoms in total. The predicted octanol–water partition coefficient (Wildman–Crippen LogP) is 1.54. The fourth-order valence-electron chi connectivity index (χ4n) is 3.29. The molecule has 2 fully saturated rings. The Hall–Kier alpha value is -0.120. The van der Waals surface area contributed by atoms with Crippen LogP contribution in [0.25, 0.3) is 0 Å². The number of likely N-dealkylation sites (N-methyl/N-ethyl adjacent to an activating group) is 1. The molecule has 2 aliphatic rings. The second kappa shape index (κ2) is 6.72. The average Bonchev–Trinajstić information content (AvgIpc) is 2.30. The lowest BCUT2D eigenvalue weighted by molar-refractivity contribution is 0.180. The average molecular weight is 239 g/mol. The van der Waals surface area contributed by atoms with Crippen LogP contribution in [0.5, 0.6) is 0 Å². The van der Waals surface area contributed by atoms with Crippen molar-refractivity contribution in [3.63, 3.8) is 0 Å². The fourth-order valence-corrected chi connectivity index (χ4v) is 3.29. The van der Waals surface area contributed by atoms with E-state index in [0.717, 1.165) is 0 Å². The summed E-state index contributed by atoms with van der Waals surface area (Å²) in [6.07, 6.45) is 6.95. The Balaban J connectivity index is 1.66. The minimum Gasteiger partial charge on any atom is -0.309 e. The topological polar surface area (TPSA) is 18.5 Å². The van der Waals surface area contributed by atoms with Gasteiger partial charge in [0.2, 0.25) is 0 Å². The van der Waals surface area contributed by atoms with Crippen LogP contribution in [0.3, 0.4) is 0 Å². The molecule has 0 aromatic carbocycles. The lowest BCUT2D eigenvalue weighted by atomic mass is 10.0. The zero-order valence-corrected chi connectivity index (χ0v) is 11.6. The van der Waals surface area contributed by atoms with Crippen LogP contribution in [0.1, 0.15) is 39.0 Å². The third-order valence-corrected chi connectivity index (χ3v) is 4.13. The highest BCUT2D eigenvalue weighted by Gasteiger charge is 2.20. The van der Waals surface area contributed by atoms with Gasteiger partial charge in [0.25, 0.3) is 0 Å². The molecule has 0 aliphatic carbocycles. The highest BCUT2D eigenvalue weighted by Crippen LogP contribution is 2.11. The molecule has 0 saturated carbocycles. The number of nitrogens with zero attached hydrogens (tertiary/aromatic N) is 2. The third kappa shape index (κ3) is 4.57. The lowest BCUT2D eigenvalue weighted by Gasteiger charge is -2.35. The molecule has 2 unspecified atom stereocenters. The molecule has 0 spiro atoms. The van der Waals surface area contributed by atoms with Gasteiger partial charge in [0, 0.05) is 25.2 Å². The van der Waals surface area contributed by atoms with Crippen molar-refractivity contribution >= 4 is 0 Å². The molecule has 3 heteroatoms. The van der Waals surface area contributed by atoms with Gasteiger partial charge < -0.3 is 15.1 Å². The zero-order valence-electron chi connectivity index (χ0n) is 11.6. The molecule has 0 aromatic heterocycles. The maximum atomic E-state index is 3.81. The van der Waals surface area contributed by atoms with Gasteiger partial charge in [-0.3, -0.25) is 0 Å². The Morgan fingerprint density at radius 3 is 2.59 bits per heavy atom. The van der Waals surface area contributed by atoms with Gasteiger partial charge in [-0.2, -0.15) is 0 Å². The molecular formula is C14H29N3. The van der Waals surface area contributed by atoms with E-state index in [9.17, 15) is 0 Å². The predicted molar refractivity (Wildman–Crippen MR) is 73.4 cm³/mol. The van der Waals surface area contributed by atoms with Crippen molar-refractivity contribution in [3.8, 4) is 0 Å². The molecule has 100 valence electrons. The van der Waals surface area contributed by atoms with Crippen molar-refractivity contribution in [3.05, 3.63) is 0 Å². The van der Waals surface area contributed by atoms with E-state index in [1.807, 2.05) is 0 Å². The molecule has 2 atom stereocenters. The Bertz CT molecular complexity index is 214. The summed E-state index contributed by atoms with van der Waals surface area (Å²) in [6.45, 7) is 8.72. The Morgan fingerprint density at radius 1 is 1.12 bits per heavy atom. The second-order valence-corrected chi connectivity index (χ2v) is 6.03. The summed E-state index contributed by atoms with van der Waals surface area (Å²) in [6, 6.07) is 1.36. The van der Waals surface area contributed by atoms with Crippen molar-refractivity contribution in [2.75, 3.05) is 39.8 Å². The molecule has 1 N–H and O–H groups in total. The van der Waals surface area contributed by atoms with Crippen LogP contribution in [-0.4, -0.2) is 61.7 Å². The molecular weight excluding hydrogens is 210 g/mol. The summed E-state index contributed by atoms with van der Waals surface area (Å²) in [5, 5.41) is 3.81. The van der Waals surface area contributed by atoms with Gasteiger partial charge in [-0.05, 0) is 59.3 Å². The van der Waals surface area contributed by atoms with Gasteiger partial charge in [-0.1, -0.05) is 6.42 Å². The van der Waals surface area contributed by atoms with E-state index in [2.05, 4.69) is 29.1 Å². The maximum absolute atomic E-state index is 3.81. The second-order valence-electron chi connectivity index (χ2n) is 6.03. The van der Waals surface area contributed by atoms with E-state index < -0.39 is 0 Å². The number of hydrogen-bond donors (Lipinski definition) is 1. The third-order valence-electron chi connectivity index (χ3n) is 4.13. The van der Waals surface area contributed by atoms with Gasteiger partial charge in [0.15, 0.2) is 0 Å². The smallest absolute Gasteiger partial charge is 0.0198 e. The quantitative estimate of drug-likeness (QED) is 0.803. The standard InChI is InChI=1S/C14H29N3/c1-13(11-17-9-4-3-5-10-17)15-14-7-6-8-16(2)12-14/h13-15H,3-12H2,1-2H3. The number of rotatable bonds is 4. The normalized spacial score (nSPS) is 30.4. The van der Waals surface area contributed by atoms with E-state index in [4.69, 9.17) is 0 Å². The summed E-state index contributed by atoms with van der Waals surface area (Å²) in [7, 11) is 2.24. The first-order valence-electron chi connectivity index (χ1n) is 7.41. The van der Waals surface area contributed by atoms with Gasteiger partial charge in [-0.25, -0.2) is 0 Å². The maximum Gasteiger partial charge on any atom is 0.0198 e. The van der Waals surface area contributed by atoms with Crippen LogP contribution in [0.4, 0.5) is 0 Å². The summed E-state index contributed by atoms with van der Waals surface area (Å²) >= 11 is 0. The van der Waals surface area contributed by atoms with E-state index >= 15 is 0 Å². The van der Waals surface area contributed by atoms with E-state index in [1.54, 1.807) is 0 Å². The van der Waals surface area contributed by atoms with Crippen molar-refractivity contribution < 1.29 is 0 Å².